The van der Waals surface area contributed by atoms with Crippen LogP contribution in [-0.2, 0) is 4.79 Å². The number of thioether (sulfide) groups is 1. The number of amides is 1. The second-order valence-electron chi connectivity index (χ2n) is 7.32. The largest absolute Gasteiger partial charge is 0.348 e. The minimum absolute atomic E-state index is 0.101. The fourth-order valence-corrected chi connectivity index (χ4v) is 5.43. The van der Waals surface area contributed by atoms with Crippen LogP contribution in [0.2, 0.25) is 5.02 Å². The second-order valence-corrected chi connectivity index (χ2v) is 9.67. The number of aryl methyl sites for hydroxylation is 1. The van der Waals surface area contributed by atoms with Crippen LogP contribution in [-0.4, -0.2) is 39.7 Å². The molecule has 1 aliphatic heterocycles. The zero-order valence-corrected chi connectivity index (χ0v) is 18.7. The highest BCUT2D eigenvalue weighted by Crippen LogP contribution is 2.35. The molecule has 6 nitrogen and oxygen atoms in total. The highest BCUT2D eigenvalue weighted by molar-refractivity contribution is 8.00. The van der Waals surface area contributed by atoms with Gasteiger partial charge in [0.2, 0.25) is 5.91 Å². The SMILES string of the molecule is Cc1ccc(NC(=O)CSc2ncnc3nc(N4CCC[C@@H](C)C4)sc23)cc1Cl. The summed E-state index contributed by atoms with van der Waals surface area (Å²) < 4.78 is 0.942. The first-order valence-electron chi connectivity index (χ1n) is 9.55. The van der Waals surface area contributed by atoms with E-state index in [4.69, 9.17) is 16.6 Å². The van der Waals surface area contributed by atoms with E-state index >= 15 is 0 Å². The first-order chi connectivity index (χ1) is 14.0. The van der Waals surface area contributed by atoms with Crippen LogP contribution in [0, 0.1) is 12.8 Å². The van der Waals surface area contributed by atoms with E-state index in [1.54, 1.807) is 17.4 Å². The zero-order chi connectivity index (χ0) is 20.4. The zero-order valence-electron chi connectivity index (χ0n) is 16.3. The number of anilines is 2. The molecule has 1 aromatic carbocycles. The van der Waals surface area contributed by atoms with Gasteiger partial charge in [-0.3, -0.25) is 4.79 Å². The standard InChI is InChI=1S/C20H22ClN5OS2/c1-12-4-3-7-26(9-12)20-25-18-17(29-20)19(23-11-22-18)28-10-16(27)24-14-6-5-13(2)15(21)8-14/h5-6,8,11-12H,3-4,7,9-10H2,1-2H3,(H,24,27)/t12-/m1/s1. The Labute approximate surface area is 183 Å². The molecular weight excluding hydrogens is 426 g/mol. The predicted octanol–water partition coefficient (Wildman–Crippen LogP) is 5.02. The molecule has 0 spiro atoms. The van der Waals surface area contributed by atoms with Crippen molar-refractivity contribution in [3.8, 4) is 0 Å². The molecule has 1 atom stereocenters. The van der Waals surface area contributed by atoms with Gasteiger partial charge in [0, 0.05) is 23.8 Å². The first-order valence-corrected chi connectivity index (χ1v) is 11.7. The van der Waals surface area contributed by atoms with Crippen molar-refractivity contribution in [1.29, 1.82) is 0 Å². The van der Waals surface area contributed by atoms with E-state index in [9.17, 15) is 4.79 Å². The highest BCUT2D eigenvalue weighted by Gasteiger charge is 2.21. The summed E-state index contributed by atoms with van der Waals surface area (Å²) in [4.78, 5) is 28.1. The Bertz CT molecular complexity index is 1040. The molecule has 2 aromatic heterocycles. The van der Waals surface area contributed by atoms with E-state index < -0.39 is 0 Å². The molecule has 152 valence electrons. The van der Waals surface area contributed by atoms with Crippen LogP contribution in [0.5, 0.6) is 0 Å². The molecule has 9 heteroatoms. The molecule has 0 radical (unpaired) electrons. The van der Waals surface area contributed by atoms with Gasteiger partial charge in [-0.2, -0.15) is 4.98 Å². The van der Waals surface area contributed by atoms with E-state index in [0.717, 1.165) is 33.5 Å². The number of fused-ring (bicyclic) bond motifs is 1. The maximum atomic E-state index is 12.4. The number of aromatic nitrogens is 3. The van der Waals surface area contributed by atoms with Gasteiger partial charge in [0.15, 0.2) is 10.8 Å². The average Bonchev–Trinajstić information content (AvgIpc) is 3.14. The Kier molecular flexibility index (Phi) is 6.22. The van der Waals surface area contributed by atoms with Crippen molar-refractivity contribution < 1.29 is 4.79 Å². The Morgan fingerprint density at radius 2 is 2.28 bits per heavy atom. The number of nitrogens with one attached hydrogen (secondary N) is 1. The van der Waals surface area contributed by atoms with Gasteiger partial charge in [-0.1, -0.05) is 47.7 Å². The van der Waals surface area contributed by atoms with Crippen LogP contribution in [0.3, 0.4) is 0 Å². The molecule has 0 bridgehead atoms. The lowest BCUT2D eigenvalue weighted by Gasteiger charge is -2.30. The molecule has 0 unspecified atom stereocenters. The van der Waals surface area contributed by atoms with Gasteiger partial charge in [0.1, 0.15) is 16.1 Å². The van der Waals surface area contributed by atoms with Crippen molar-refractivity contribution in [1.82, 2.24) is 15.0 Å². The maximum Gasteiger partial charge on any atom is 0.234 e. The van der Waals surface area contributed by atoms with Gasteiger partial charge in [-0.05, 0) is 43.4 Å². The van der Waals surface area contributed by atoms with E-state index in [2.05, 4.69) is 27.1 Å². The summed E-state index contributed by atoms with van der Waals surface area (Å²) in [5.74, 6) is 0.830. The average molecular weight is 448 g/mol. The van der Waals surface area contributed by atoms with Crippen LogP contribution in [0.25, 0.3) is 10.3 Å². The molecule has 0 saturated carbocycles. The van der Waals surface area contributed by atoms with Gasteiger partial charge in [0.25, 0.3) is 0 Å². The molecule has 3 heterocycles. The fourth-order valence-electron chi connectivity index (χ4n) is 3.33. The number of nitrogens with zero attached hydrogens (tertiary/aromatic N) is 4. The summed E-state index contributed by atoms with van der Waals surface area (Å²) in [5.41, 5.74) is 2.37. The molecule has 0 aliphatic carbocycles. The molecule has 29 heavy (non-hydrogen) atoms. The lowest BCUT2D eigenvalue weighted by Crippen LogP contribution is -2.34. The number of halogens is 1. The summed E-state index contributed by atoms with van der Waals surface area (Å²) in [6, 6.07) is 5.50. The minimum Gasteiger partial charge on any atom is -0.348 e. The van der Waals surface area contributed by atoms with Gasteiger partial charge < -0.3 is 10.2 Å². The number of hydrogen-bond donors (Lipinski definition) is 1. The molecule has 1 N–H and O–H groups in total. The topological polar surface area (TPSA) is 71.0 Å². The van der Waals surface area contributed by atoms with E-state index in [0.29, 0.717) is 22.3 Å². The normalized spacial score (nSPS) is 16.9. The third-order valence-corrected chi connectivity index (χ3v) is 7.51. The summed E-state index contributed by atoms with van der Waals surface area (Å²) in [7, 11) is 0. The van der Waals surface area contributed by atoms with Gasteiger partial charge in [-0.15, -0.1) is 0 Å². The summed E-state index contributed by atoms with van der Waals surface area (Å²) in [6.07, 6.45) is 3.97. The maximum absolute atomic E-state index is 12.4. The van der Waals surface area contributed by atoms with Gasteiger partial charge in [-0.25, -0.2) is 9.97 Å². The van der Waals surface area contributed by atoms with Crippen molar-refractivity contribution in [3.63, 3.8) is 0 Å². The molecule has 1 saturated heterocycles. The Morgan fingerprint density at radius 3 is 3.07 bits per heavy atom. The van der Waals surface area contributed by atoms with E-state index in [1.165, 1.54) is 30.9 Å². The number of carbonyl (C=O) groups is 1. The third kappa shape index (κ3) is 4.82. The van der Waals surface area contributed by atoms with E-state index in [1.807, 2.05) is 19.1 Å². The number of rotatable bonds is 5. The van der Waals surface area contributed by atoms with Crippen LogP contribution in [0.4, 0.5) is 10.8 Å². The van der Waals surface area contributed by atoms with Crippen molar-refractivity contribution in [2.45, 2.75) is 31.7 Å². The lowest BCUT2D eigenvalue weighted by atomic mass is 10.0. The van der Waals surface area contributed by atoms with Crippen LogP contribution in [0.15, 0.2) is 29.6 Å². The fraction of sp³-hybridized carbons (Fsp3) is 0.400. The molecule has 3 aromatic rings. The highest BCUT2D eigenvalue weighted by atomic mass is 35.5. The van der Waals surface area contributed by atoms with Crippen molar-refractivity contribution in [2.24, 2.45) is 5.92 Å². The van der Waals surface area contributed by atoms with Crippen LogP contribution in [0.1, 0.15) is 25.3 Å². The van der Waals surface area contributed by atoms with Crippen molar-refractivity contribution in [3.05, 3.63) is 35.1 Å². The summed E-state index contributed by atoms with van der Waals surface area (Å²) in [6.45, 7) is 6.26. The first kappa shape index (κ1) is 20.4. The summed E-state index contributed by atoms with van der Waals surface area (Å²) in [5, 5.41) is 5.30. The Balaban J connectivity index is 1.44. The molecule has 1 fully saturated rings. The Hall–Kier alpha value is -1.90. The van der Waals surface area contributed by atoms with Gasteiger partial charge in [0.05, 0.1) is 5.75 Å². The number of carbonyl (C=O) groups excluding carboxylic acids is 1. The van der Waals surface area contributed by atoms with E-state index in [-0.39, 0.29) is 11.7 Å². The predicted molar refractivity (Wildman–Crippen MR) is 121 cm³/mol. The molecular formula is C20H22ClN5OS2. The Morgan fingerprint density at radius 1 is 1.41 bits per heavy atom. The molecule has 4 rings (SSSR count). The van der Waals surface area contributed by atoms with Crippen LogP contribution < -0.4 is 10.2 Å². The number of thiazole rings is 1. The quantitative estimate of drug-likeness (QED) is 0.437. The number of benzene rings is 1. The number of hydrogen-bond acceptors (Lipinski definition) is 7. The molecule has 1 aliphatic rings. The smallest absolute Gasteiger partial charge is 0.234 e. The second kappa shape index (κ2) is 8.85. The van der Waals surface area contributed by atoms with Crippen molar-refractivity contribution in [2.75, 3.05) is 29.1 Å². The molecule has 1 amide bonds. The lowest BCUT2D eigenvalue weighted by molar-refractivity contribution is -0.113. The van der Waals surface area contributed by atoms with Gasteiger partial charge >= 0.3 is 0 Å². The third-order valence-electron chi connectivity index (χ3n) is 4.87. The monoisotopic (exact) mass is 447 g/mol. The summed E-state index contributed by atoms with van der Waals surface area (Å²) >= 11 is 9.14. The number of piperidine rings is 1. The minimum atomic E-state index is -0.101. The van der Waals surface area contributed by atoms with Crippen molar-refractivity contribution >= 4 is 61.8 Å². The van der Waals surface area contributed by atoms with Crippen LogP contribution >= 0.6 is 34.7 Å².